The highest BCUT2D eigenvalue weighted by atomic mass is 32.1. The van der Waals surface area contributed by atoms with Crippen molar-refractivity contribution >= 4 is 18.5 Å². The van der Waals surface area contributed by atoms with Crippen molar-refractivity contribution in [2.45, 2.75) is 25.5 Å². The Balaban J connectivity index is 3.86. The van der Waals surface area contributed by atoms with Crippen molar-refractivity contribution in [3.8, 4) is 0 Å². The Morgan fingerprint density at radius 2 is 2.23 bits per heavy atom. The van der Waals surface area contributed by atoms with Gasteiger partial charge in [0.1, 0.15) is 0 Å². The molecule has 0 saturated carbocycles. The molecule has 1 N–H and O–H groups in total. The van der Waals surface area contributed by atoms with Gasteiger partial charge in [-0.05, 0) is 13.0 Å². The lowest BCUT2D eigenvalue weighted by molar-refractivity contribution is -0.121. The van der Waals surface area contributed by atoms with Crippen molar-refractivity contribution in [2.75, 3.05) is 26.7 Å². The predicted octanol–water partition coefficient (Wildman–Crippen LogP) is 0.763. The van der Waals surface area contributed by atoms with E-state index in [9.17, 15) is 4.79 Å². The Morgan fingerprint density at radius 3 is 2.62 bits per heavy atom. The Bertz CT molecular complexity index is 151. The minimum atomic E-state index is 0.0717. The van der Waals surface area contributed by atoms with E-state index in [0.717, 1.165) is 19.5 Å². The van der Waals surface area contributed by atoms with E-state index in [1.54, 1.807) is 7.05 Å². The molecule has 0 saturated heterocycles. The summed E-state index contributed by atoms with van der Waals surface area (Å²) in [6.45, 7) is 6.45. The first-order valence-corrected chi connectivity index (χ1v) is 5.22. The first-order chi connectivity index (χ1) is 6.10. The van der Waals surface area contributed by atoms with E-state index >= 15 is 0 Å². The quantitative estimate of drug-likeness (QED) is 0.626. The number of likely N-dealkylation sites (N-methyl/N-ethyl adjacent to an activating group) is 1. The number of nitrogens with one attached hydrogen (secondary N) is 1. The van der Waals surface area contributed by atoms with Crippen LogP contribution in [0.1, 0.15) is 20.3 Å². The maximum absolute atomic E-state index is 11.1. The molecule has 1 amide bonds. The van der Waals surface area contributed by atoms with E-state index in [0.29, 0.717) is 11.8 Å². The summed E-state index contributed by atoms with van der Waals surface area (Å²) in [5.41, 5.74) is 0. The van der Waals surface area contributed by atoms with Crippen LogP contribution < -0.4 is 5.32 Å². The van der Waals surface area contributed by atoms with E-state index in [1.165, 1.54) is 0 Å². The Kier molecular flexibility index (Phi) is 7.09. The van der Waals surface area contributed by atoms with Gasteiger partial charge in [-0.3, -0.25) is 9.69 Å². The molecule has 1 atom stereocenters. The van der Waals surface area contributed by atoms with Crippen LogP contribution >= 0.6 is 12.6 Å². The van der Waals surface area contributed by atoms with Gasteiger partial charge in [-0.2, -0.15) is 12.6 Å². The molecule has 0 fully saturated rings. The molecule has 0 aliphatic carbocycles. The molecule has 0 radical (unpaired) electrons. The number of carbonyl (C=O) groups excluding carboxylic acids is 1. The maximum Gasteiger partial charge on any atom is 0.233 e. The molecule has 0 bridgehead atoms. The fraction of sp³-hybridized carbons (Fsp3) is 0.889. The van der Waals surface area contributed by atoms with E-state index in [2.05, 4.69) is 29.8 Å². The zero-order valence-electron chi connectivity index (χ0n) is 8.71. The third-order valence-corrected chi connectivity index (χ3v) is 1.87. The fourth-order valence-corrected chi connectivity index (χ4v) is 1.44. The summed E-state index contributed by atoms with van der Waals surface area (Å²) in [6, 6.07) is 0. The fourth-order valence-electron chi connectivity index (χ4n) is 1.21. The maximum atomic E-state index is 11.1. The Morgan fingerprint density at radius 1 is 1.62 bits per heavy atom. The molecule has 0 aliphatic heterocycles. The average molecular weight is 204 g/mol. The molecule has 1 unspecified atom stereocenters. The second-order valence-corrected chi connectivity index (χ2v) is 4.14. The van der Waals surface area contributed by atoms with Crippen LogP contribution in [0.15, 0.2) is 0 Å². The Labute approximate surface area is 86.3 Å². The van der Waals surface area contributed by atoms with E-state index in [1.807, 2.05) is 6.92 Å². The lowest BCUT2D eigenvalue weighted by atomic mass is 10.3. The Hall–Kier alpha value is -0.220. The van der Waals surface area contributed by atoms with Crippen LogP contribution in [-0.2, 0) is 4.79 Å². The normalized spacial score (nSPS) is 13.0. The highest BCUT2D eigenvalue weighted by Crippen LogP contribution is 1.99. The van der Waals surface area contributed by atoms with E-state index in [-0.39, 0.29) is 5.91 Å². The number of nitrogens with zero attached hydrogens (tertiary/aromatic N) is 1. The third kappa shape index (κ3) is 6.90. The molecule has 0 rings (SSSR count). The molecule has 78 valence electrons. The molecule has 0 spiro atoms. The van der Waals surface area contributed by atoms with Crippen LogP contribution in [0.5, 0.6) is 0 Å². The summed E-state index contributed by atoms with van der Waals surface area (Å²) in [5.74, 6) is 0.0717. The number of hydrogen-bond donors (Lipinski definition) is 2. The average Bonchev–Trinajstić information content (AvgIpc) is 2.03. The molecule has 3 nitrogen and oxygen atoms in total. The second kappa shape index (κ2) is 7.21. The van der Waals surface area contributed by atoms with Crippen molar-refractivity contribution in [2.24, 2.45) is 0 Å². The van der Waals surface area contributed by atoms with Crippen LogP contribution in [0.25, 0.3) is 0 Å². The number of carbonyl (C=O) groups is 1. The zero-order valence-corrected chi connectivity index (χ0v) is 9.60. The van der Waals surface area contributed by atoms with Gasteiger partial charge in [-0.15, -0.1) is 0 Å². The molecule has 4 heteroatoms. The summed E-state index contributed by atoms with van der Waals surface area (Å²) >= 11 is 4.31. The van der Waals surface area contributed by atoms with Crippen LogP contribution in [0.4, 0.5) is 0 Å². The summed E-state index contributed by atoms with van der Waals surface area (Å²) in [4.78, 5) is 13.2. The molecule has 0 aromatic rings. The second-order valence-electron chi connectivity index (χ2n) is 3.26. The minimum absolute atomic E-state index is 0.0717. The molecule has 13 heavy (non-hydrogen) atoms. The van der Waals surface area contributed by atoms with Crippen molar-refractivity contribution in [3.63, 3.8) is 0 Å². The van der Waals surface area contributed by atoms with E-state index < -0.39 is 0 Å². The monoisotopic (exact) mass is 204 g/mol. The van der Waals surface area contributed by atoms with Gasteiger partial charge in [0.15, 0.2) is 0 Å². The third-order valence-electron chi connectivity index (χ3n) is 1.71. The number of amides is 1. The molecule has 0 aliphatic rings. The van der Waals surface area contributed by atoms with Crippen LogP contribution in [0, 0.1) is 0 Å². The van der Waals surface area contributed by atoms with Crippen LogP contribution in [0.3, 0.4) is 0 Å². The largest absolute Gasteiger partial charge is 0.358 e. The smallest absolute Gasteiger partial charge is 0.233 e. The standard InChI is InChI=1S/C9H20N2OS/c1-4-5-11(6-8(2)13)7-9(12)10-3/h8,13H,4-7H2,1-3H3,(H,10,12). The van der Waals surface area contributed by atoms with Crippen LogP contribution in [-0.4, -0.2) is 42.7 Å². The van der Waals surface area contributed by atoms with E-state index in [4.69, 9.17) is 0 Å². The topological polar surface area (TPSA) is 32.3 Å². The van der Waals surface area contributed by atoms with Gasteiger partial charge in [0.25, 0.3) is 0 Å². The number of rotatable bonds is 6. The van der Waals surface area contributed by atoms with Crippen molar-refractivity contribution in [1.82, 2.24) is 10.2 Å². The zero-order chi connectivity index (χ0) is 10.3. The molecule has 0 aromatic carbocycles. The van der Waals surface area contributed by atoms with Gasteiger partial charge in [0.05, 0.1) is 6.54 Å². The SMILES string of the molecule is CCCN(CC(=O)NC)CC(C)S. The molecule has 0 heterocycles. The van der Waals surface area contributed by atoms with Crippen LogP contribution in [0.2, 0.25) is 0 Å². The number of thiol groups is 1. The van der Waals surface area contributed by atoms with Crippen molar-refractivity contribution in [3.05, 3.63) is 0 Å². The highest BCUT2D eigenvalue weighted by molar-refractivity contribution is 7.80. The predicted molar refractivity (Wildman–Crippen MR) is 59.2 cm³/mol. The summed E-state index contributed by atoms with van der Waals surface area (Å²) in [7, 11) is 1.66. The molecular formula is C9H20N2OS. The first-order valence-electron chi connectivity index (χ1n) is 4.71. The van der Waals surface area contributed by atoms with Gasteiger partial charge < -0.3 is 5.32 Å². The lowest BCUT2D eigenvalue weighted by Crippen LogP contribution is -2.38. The summed E-state index contributed by atoms with van der Waals surface area (Å²) in [6.07, 6.45) is 1.07. The van der Waals surface area contributed by atoms with Gasteiger partial charge in [-0.25, -0.2) is 0 Å². The summed E-state index contributed by atoms with van der Waals surface area (Å²) < 4.78 is 0. The van der Waals surface area contributed by atoms with Gasteiger partial charge in [0.2, 0.25) is 5.91 Å². The lowest BCUT2D eigenvalue weighted by Gasteiger charge is -2.22. The van der Waals surface area contributed by atoms with Crippen molar-refractivity contribution in [1.29, 1.82) is 0 Å². The molecular weight excluding hydrogens is 184 g/mol. The first kappa shape index (κ1) is 12.8. The minimum Gasteiger partial charge on any atom is -0.358 e. The summed E-state index contributed by atoms with van der Waals surface area (Å²) in [5, 5.41) is 2.94. The highest BCUT2D eigenvalue weighted by Gasteiger charge is 2.09. The van der Waals surface area contributed by atoms with Gasteiger partial charge in [0, 0.05) is 18.8 Å². The van der Waals surface area contributed by atoms with Gasteiger partial charge >= 0.3 is 0 Å². The van der Waals surface area contributed by atoms with Gasteiger partial charge in [-0.1, -0.05) is 13.8 Å². The molecule has 0 aromatic heterocycles. The van der Waals surface area contributed by atoms with Crippen molar-refractivity contribution < 1.29 is 4.79 Å². The number of hydrogen-bond acceptors (Lipinski definition) is 3.